The Balaban J connectivity index is 2.02. The molecule has 0 amide bonds. The van der Waals surface area contributed by atoms with Crippen LogP contribution < -0.4 is 19.5 Å². The van der Waals surface area contributed by atoms with Crippen molar-refractivity contribution in [3.8, 4) is 17.2 Å². The van der Waals surface area contributed by atoms with Crippen LogP contribution in [0.15, 0.2) is 36.4 Å². The van der Waals surface area contributed by atoms with Gasteiger partial charge in [-0.25, -0.2) is 4.39 Å². The molecule has 0 saturated carbocycles. The maximum absolute atomic E-state index is 13.9. The Bertz CT molecular complexity index is 705. The molecule has 136 valence electrons. The normalized spacial score (nSPS) is 13.2. The van der Waals surface area contributed by atoms with Crippen LogP contribution in [0.2, 0.25) is 0 Å². The summed E-state index contributed by atoms with van der Waals surface area (Å²) in [6.07, 6.45) is 0.823. The summed E-state index contributed by atoms with van der Waals surface area (Å²) in [6, 6.07) is 11.2. The smallest absolute Gasteiger partial charge is 0.165 e. The topological polar surface area (TPSA) is 39.7 Å². The van der Waals surface area contributed by atoms with Crippen LogP contribution in [0.5, 0.6) is 17.2 Å². The highest BCUT2D eigenvalue weighted by molar-refractivity contribution is 5.43. The van der Waals surface area contributed by atoms with E-state index < -0.39 is 0 Å². The highest BCUT2D eigenvalue weighted by atomic mass is 19.1. The SMILES string of the molecule is COc1ccc(C(C)NC(C)Cc2ccc(OC)c(OC)c2)cc1F. The van der Waals surface area contributed by atoms with Gasteiger partial charge in [0.25, 0.3) is 0 Å². The van der Waals surface area contributed by atoms with Gasteiger partial charge in [0.1, 0.15) is 0 Å². The summed E-state index contributed by atoms with van der Waals surface area (Å²) in [6.45, 7) is 4.12. The lowest BCUT2D eigenvalue weighted by atomic mass is 10.0. The highest BCUT2D eigenvalue weighted by Crippen LogP contribution is 2.28. The van der Waals surface area contributed by atoms with Gasteiger partial charge in [-0.05, 0) is 55.7 Å². The van der Waals surface area contributed by atoms with E-state index in [1.807, 2.05) is 31.2 Å². The van der Waals surface area contributed by atoms with Gasteiger partial charge >= 0.3 is 0 Å². The molecule has 2 aromatic carbocycles. The summed E-state index contributed by atoms with van der Waals surface area (Å²) in [5.41, 5.74) is 2.03. The van der Waals surface area contributed by atoms with Gasteiger partial charge < -0.3 is 19.5 Å². The number of hydrogen-bond acceptors (Lipinski definition) is 4. The van der Waals surface area contributed by atoms with Crippen LogP contribution in [-0.2, 0) is 6.42 Å². The minimum atomic E-state index is -0.346. The molecule has 4 nitrogen and oxygen atoms in total. The summed E-state index contributed by atoms with van der Waals surface area (Å²) in [7, 11) is 4.71. The first-order valence-electron chi connectivity index (χ1n) is 8.28. The van der Waals surface area contributed by atoms with E-state index in [0.29, 0.717) is 5.75 Å². The van der Waals surface area contributed by atoms with Crippen LogP contribution in [0.25, 0.3) is 0 Å². The maximum atomic E-state index is 13.9. The lowest BCUT2D eigenvalue weighted by Gasteiger charge is -2.21. The maximum Gasteiger partial charge on any atom is 0.165 e. The molecule has 2 aromatic rings. The van der Waals surface area contributed by atoms with E-state index in [9.17, 15) is 4.39 Å². The highest BCUT2D eigenvalue weighted by Gasteiger charge is 2.13. The fraction of sp³-hybridized carbons (Fsp3) is 0.400. The van der Waals surface area contributed by atoms with Crippen LogP contribution in [0.1, 0.15) is 31.0 Å². The van der Waals surface area contributed by atoms with Gasteiger partial charge in [-0.15, -0.1) is 0 Å². The number of rotatable bonds is 8. The average molecular weight is 347 g/mol. The van der Waals surface area contributed by atoms with Crippen LogP contribution in [0.4, 0.5) is 4.39 Å². The summed E-state index contributed by atoms with van der Waals surface area (Å²) in [5.74, 6) is 1.35. The number of hydrogen-bond donors (Lipinski definition) is 1. The molecule has 0 heterocycles. The first-order chi connectivity index (χ1) is 12.0. The summed E-state index contributed by atoms with van der Waals surface area (Å²) >= 11 is 0. The van der Waals surface area contributed by atoms with Gasteiger partial charge in [0.15, 0.2) is 23.1 Å². The molecule has 0 aliphatic heterocycles. The Morgan fingerprint density at radius 2 is 1.52 bits per heavy atom. The Kier molecular flexibility index (Phi) is 6.65. The molecular weight excluding hydrogens is 321 g/mol. The van der Waals surface area contributed by atoms with Gasteiger partial charge in [0.05, 0.1) is 21.3 Å². The molecule has 1 N–H and O–H groups in total. The third-order valence-corrected chi connectivity index (χ3v) is 4.20. The predicted octanol–water partition coefficient (Wildman–Crippen LogP) is 4.13. The number of methoxy groups -OCH3 is 3. The second kappa shape index (κ2) is 8.72. The van der Waals surface area contributed by atoms with E-state index in [1.54, 1.807) is 20.3 Å². The van der Waals surface area contributed by atoms with E-state index in [0.717, 1.165) is 23.3 Å². The molecule has 0 aliphatic carbocycles. The Hall–Kier alpha value is -2.27. The van der Waals surface area contributed by atoms with E-state index in [2.05, 4.69) is 12.2 Å². The summed E-state index contributed by atoms with van der Waals surface area (Å²) in [4.78, 5) is 0. The molecule has 0 aromatic heterocycles. The largest absolute Gasteiger partial charge is 0.494 e. The van der Waals surface area contributed by atoms with E-state index in [-0.39, 0.29) is 23.7 Å². The molecule has 0 aliphatic rings. The molecule has 25 heavy (non-hydrogen) atoms. The standard InChI is InChI=1S/C20H26FNO3/c1-13(10-15-6-8-19(24-4)20(11-15)25-5)22-14(2)16-7-9-18(23-3)17(21)12-16/h6-9,11-14,22H,10H2,1-5H3. The van der Waals surface area contributed by atoms with Crippen molar-refractivity contribution in [1.29, 1.82) is 0 Å². The molecule has 2 unspecified atom stereocenters. The van der Waals surface area contributed by atoms with Crippen molar-refractivity contribution in [1.82, 2.24) is 5.32 Å². The van der Waals surface area contributed by atoms with Crippen molar-refractivity contribution in [2.45, 2.75) is 32.4 Å². The van der Waals surface area contributed by atoms with Crippen molar-refractivity contribution < 1.29 is 18.6 Å². The number of ether oxygens (including phenoxy) is 3. The lowest BCUT2D eigenvalue weighted by molar-refractivity contribution is 0.354. The zero-order valence-corrected chi connectivity index (χ0v) is 15.4. The van der Waals surface area contributed by atoms with Crippen molar-refractivity contribution in [2.24, 2.45) is 0 Å². The Morgan fingerprint density at radius 3 is 2.12 bits per heavy atom. The number of halogens is 1. The van der Waals surface area contributed by atoms with E-state index >= 15 is 0 Å². The molecule has 2 rings (SSSR count). The average Bonchev–Trinajstić information content (AvgIpc) is 2.61. The molecule has 2 atom stereocenters. The van der Waals surface area contributed by atoms with Gasteiger partial charge in [-0.1, -0.05) is 12.1 Å². The van der Waals surface area contributed by atoms with Crippen LogP contribution in [0, 0.1) is 5.82 Å². The lowest BCUT2D eigenvalue weighted by Crippen LogP contribution is -2.30. The van der Waals surface area contributed by atoms with Crippen LogP contribution in [0.3, 0.4) is 0 Å². The third kappa shape index (κ3) is 4.86. The monoisotopic (exact) mass is 347 g/mol. The first-order valence-corrected chi connectivity index (χ1v) is 8.28. The second-order valence-corrected chi connectivity index (χ2v) is 6.08. The molecule has 0 bridgehead atoms. The third-order valence-electron chi connectivity index (χ3n) is 4.20. The van der Waals surface area contributed by atoms with Crippen molar-refractivity contribution in [2.75, 3.05) is 21.3 Å². The number of benzene rings is 2. The van der Waals surface area contributed by atoms with Crippen molar-refractivity contribution in [3.05, 3.63) is 53.3 Å². The van der Waals surface area contributed by atoms with Gasteiger partial charge in [-0.2, -0.15) is 0 Å². The van der Waals surface area contributed by atoms with Crippen molar-refractivity contribution in [3.63, 3.8) is 0 Å². The Labute approximate surface area is 148 Å². The van der Waals surface area contributed by atoms with E-state index in [4.69, 9.17) is 14.2 Å². The fourth-order valence-electron chi connectivity index (χ4n) is 2.90. The first kappa shape index (κ1) is 19.1. The molecule has 0 spiro atoms. The van der Waals surface area contributed by atoms with Crippen molar-refractivity contribution >= 4 is 0 Å². The molecular formula is C20H26FNO3. The van der Waals surface area contributed by atoms with Gasteiger partial charge in [-0.3, -0.25) is 0 Å². The summed E-state index contributed by atoms with van der Waals surface area (Å²) < 4.78 is 29.4. The van der Waals surface area contributed by atoms with E-state index in [1.165, 1.54) is 13.2 Å². The van der Waals surface area contributed by atoms with Gasteiger partial charge in [0.2, 0.25) is 0 Å². The molecule has 0 fully saturated rings. The Morgan fingerprint density at radius 1 is 0.880 bits per heavy atom. The second-order valence-electron chi connectivity index (χ2n) is 6.08. The predicted molar refractivity (Wildman–Crippen MR) is 97.2 cm³/mol. The minimum absolute atomic E-state index is 0.0237. The molecule has 0 saturated heterocycles. The number of nitrogens with one attached hydrogen (secondary N) is 1. The fourth-order valence-corrected chi connectivity index (χ4v) is 2.90. The minimum Gasteiger partial charge on any atom is -0.494 e. The molecule has 5 heteroatoms. The van der Waals surface area contributed by atoms with Gasteiger partial charge in [0, 0.05) is 12.1 Å². The molecule has 0 radical (unpaired) electrons. The van der Waals surface area contributed by atoms with Crippen LogP contribution in [-0.4, -0.2) is 27.4 Å². The zero-order valence-electron chi connectivity index (χ0n) is 15.4. The zero-order chi connectivity index (χ0) is 18.4. The van der Waals surface area contributed by atoms with Crippen LogP contribution >= 0.6 is 0 Å². The quantitative estimate of drug-likeness (QED) is 0.779. The summed E-state index contributed by atoms with van der Waals surface area (Å²) in [5, 5.41) is 3.50.